The van der Waals surface area contributed by atoms with E-state index >= 15 is 0 Å². The van der Waals surface area contributed by atoms with Gasteiger partial charge in [-0.15, -0.1) is 11.8 Å². The van der Waals surface area contributed by atoms with Crippen LogP contribution in [0.2, 0.25) is 0 Å². The lowest BCUT2D eigenvalue weighted by atomic mass is 10.1. The molecule has 0 aliphatic carbocycles. The first-order chi connectivity index (χ1) is 13.6. The van der Waals surface area contributed by atoms with E-state index in [1.165, 1.54) is 27.6 Å². The Labute approximate surface area is 171 Å². The maximum atomic E-state index is 12.7. The van der Waals surface area contributed by atoms with Crippen LogP contribution >= 0.6 is 11.8 Å². The third-order valence-corrected chi connectivity index (χ3v) is 6.61. The van der Waals surface area contributed by atoms with Gasteiger partial charge in [0, 0.05) is 36.8 Å². The van der Waals surface area contributed by atoms with Gasteiger partial charge in [0.15, 0.2) is 0 Å². The molecule has 4 rings (SSSR count). The Morgan fingerprint density at radius 2 is 1.64 bits per heavy atom. The zero-order chi connectivity index (χ0) is 19.5. The number of amides is 1. The molecule has 1 fully saturated rings. The number of thioether (sulfide) groups is 1. The van der Waals surface area contributed by atoms with Gasteiger partial charge in [-0.1, -0.05) is 42.5 Å². The summed E-state index contributed by atoms with van der Waals surface area (Å²) in [4.78, 5) is 18.3. The van der Waals surface area contributed by atoms with E-state index in [1.54, 1.807) is 11.8 Å². The van der Waals surface area contributed by atoms with Crippen LogP contribution in [0.5, 0.6) is 0 Å². The topological polar surface area (TPSA) is 23.6 Å². The number of nitrogens with zero attached hydrogens (tertiary/aromatic N) is 2. The molecule has 1 aliphatic rings. The van der Waals surface area contributed by atoms with Gasteiger partial charge in [0.2, 0.25) is 5.91 Å². The van der Waals surface area contributed by atoms with E-state index in [0.717, 1.165) is 31.1 Å². The first-order valence-electron chi connectivity index (χ1n) is 9.82. The summed E-state index contributed by atoms with van der Waals surface area (Å²) in [5, 5.41) is 2.46. The molecule has 0 atom stereocenters. The van der Waals surface area contributed by atoms with E-state index in [2.05, 4.69) is 79.4 Å². The molecule has 0 bridgehead atoms. The van der Waals surface area contributed by atoms with E-state index < -0.39 is 0 Å². The third kappa shape index (κ3) is 4.02. The van der Waals surface area contributed by atoms with Crippen molar-refractivity contribution in [3.63, 3.8) is 0 Å². The van der Waals surface area contributed by atoms with Crippen molar-refractivity contribution < 1.29 is 4.79 Å². The number of hydrogen-bond acceptors (Lipinski definition) is 3. The van der Waals surface area contributed by atoms with Gasteiger partial charge >= 0.3 is 0 Å². The van der Waals surface area contributed by atoms with Crippen molar-refractivity contribution in [2.75, 3.05) is 36.8 Å². The Balaban J connectivity index is 1.33. The van der Waals surface area contributed by atoms with E-state index in [-0.39, 0.29) is 5.91 Å². The normalized spacial score (nSPS) is 14.5. The largest absolute Gasteiger partial charge is 0.368 e. The van der Waals surface area contributed by atoms with Crippen LogP contribution in [0.15, 0.2) is 65.6 Å². The molecule has 1 saturated heterocycles. The van der Waals surface area contributed by atoms with E-state index in [1.807, 2.05) is 4.90 Å². The maximum absolute atomic E-state index is 12.7. The van der Waals surface area contributed by atoms with E-state index in [0.29, 0.717) is 5.75 Å². The summed E-state index contributed by atoms with van der Waals surface area (Å²) < 4.78 is 0. The number of hydrogen-bond donors (Lipinski definition) is 0. The van der Waals surface area contributed by atoms with E-state index in [4.69, 9.17) is 0 Å². The molecule has 1 aliphatic heterocycles. The number of carbonyl (C=O) groups excluding carboxylic acids is 1. The zero-order valence-corrected chi connectivity index (χ0v) is 17.3. The molecule has 4 heteroatoms. The second kappa shape index (κ2) is 8.27. The fourth-order valence-electron chi connectivity index (χ4n) is 3.77. The molecule has 0 radical (unpaired) electrons. The first kappa shape index (κ1) is 18.9. The van der Waals surface area contributed by atoms with Crippen LogP contribution in [0.4, 0.5) is 5.69 Å². The zero-order valence-electron chi connectivity index (χ0n) is 16.5. The maximum Gasteiger partial charge on any atom is 0.233 e. The van der Waals surface area contributed by atoms with Gasteiger partial charge in [0.05, 0.1) is 5.75 Å². The molecule has 3 aromatic carbocycles. The minimum absolute atomic E-state index is 0.235. The molecule has 1 heterocycles. The number of piperazine rings is 1. The molecule has 0 aromatic heterocycles. The van der Waals surface area contributed by atoms with Gasteiger partial charge in [0.25, 0.3) is 0 Å². The van der Waals surface area contributed by atoms with Crippen molar-refractivity contribution >= 4 is 34.1 Å². The highest BCUT2D eigenvalue weighted by Crippen LogP contribution is 2.26. The van der Waals surface area contributed by atoms with Gasteiger partial charge in [-0.3, -0.25) is 4.79 Å². The Kier molecular flexibility index (Phi) is 5.58. The predicted molar refractivity (Wildman–Crippen MR) is 119 cm³/mol. The highest BCUT2D eigenvalue weighted by molar-refractivity contribution is 8.00. The van der Waals surface area contributed by atoms with Crippen LogP contribution in [0.1, 0.15) is 11.1 Å². The smallest absolute Gasteiger partial charge is 0.233 e. The lowest BCUT2D eigenvalue weighted by Gasteiger charge is -2.37. The monoisotopic (exact) mass is 390 g/mol. The second-order valence-electron chi connectivity index (χ2n) is 7.38. The summed E-state index contributed by atoms with van der Waals surface area (Å²) in [6.45, 7) is 7.73. The molecule has 3 nitrogen and oxygen atoms in total. The SMILES string of the molecule is Cc1cccc(N2CCN(C(=O)CSc3ccc4ccccc4c3)CC2)c1C. The molecule has 144 valence electrons. The highest BCUT2D eigenvalue weighted by atomic mass is 32.2. The van der Waals surface area contributed by atoms with Crippen LogP contribution in [0, 0.1) is 13.8 Å². The molecule has 1 amide bonds. The second-order valence-corrected chi connectivity index (χ2v) is 8.43. The number of rotatable bonds is 4. The van der Waals surface area contributed by atoms with Crippen LogP contribution in [0.25, 0.3) is 10.8 Å². The third-order valence-electron chi connectivity index (χ3n) is 5.63. The van der Waals surface area contributed by atoms with Gasteiger partial charge in [-0.25, -0.2) is 0 Å². The summed E-state index contributed by atoms with van der Waals surface area (Å²) >= 11 is 1.63. The number of benzene rings is 3. The minimum Gasteiger partial charge on any atom is -0.368 e. The molecule has 0 unspecified atom stereocenters. The summed E-state index contributed by atoms with van der Waals surface area (Å²) in [7, 11) is 0. The number of carbonyl (C=O) groups is 1. The quantitative estimate of drug-likeness (QED) is 0.592. The Morgan fingerprint density at radius 1 is 0.893 bits per heavy atom. The standard InChI is InChI=1S/C24H26N2OS/c1-18-6-5-9-23(19(18)2)25-12-14-26(15-13-25)24(27)17-28-22-11-10-20-7-3-4-8-21(20)16-22/h3-11,16H,12-15,17H2,1-2H3. The lowest BCUT2D eigenvalue weighted by molar-refractivity contribution is -0.128. The number of aryl methyl sites for hydroxylation is 1. The Hall–Kier alpha value is -2.46. The fraction of sp³-hybridized carbons (Fsp3) is 0.292. The van der Waals surface area contributed by atoms with Crippen molar-refractivity contribution in [3.8, 4) is 0 Å². The van der Waals surface area contributed by atoms with Crippen molar-refractivity contribution in [2.45, 2.75) is 18.7 Å². The van der Waals surface area contributed by atoms with Crippen LogP contribution < -0.4 is 4.90 Å². The predicted octanol–water partition coefficient (Wildman–Crippen LogP) is 4.90. The summed E-state index contributed by atoms with van der Waals surface area (Å²) in [5.74, 6) is 0.737. The van der Waals surface area contributed by atoms with Crippen molar-refractivity contribution in [2.24, 2.45) is 0 Å². The first-order valence-corrected chi connectivity index (χ1v) is 10.8. The average Bonchev–Trinajstić information content (AvgIpc) is 2.74. The molecular formula is C24H26N2OS. The van der Waals surface area contributed by atoms with Crippen LogP contribution in [-0.2, 0) is 4.79 Å². The average molecular weight is 391 g/mol. The Bertz CT molecular complexity index is 993. The summed E-state index contributed by atoms with van der Waals surface area (Å²) in [5.41, 5.74) is 3.97. The molecule has 28 heavy (non-hydrogen) atoms. The van der Waals surface area contributed by atoms with Gasteiger partial charge in [0.1, 0.15) is 0 Å². The fourth-order valence-corrected chi connectivity index (χ4v) is 4.62. The number of anilines is 1. The van der Waals surface area contributed by atoms with E-state index in [9.17, 15) is 4.79 Å². The minimum atomic E-state index is 0.235. The Morgan fingerprint density at radius 3 is 2.43 bits per heavy atom. The highest BCUT2D eigenvalue weighted by Gasteiger charge is 2.22. The molecule has 0 spiro atoms. The van der Waals surface area contributed by atoms with Crippen LogP contribution in [0.3, 0.4) is 0 Å². The van der Waals surface area contributed by atoms with Crippen molar-refractivity contribution in [1.29, 1.82) is 0 Å². The van der Waals surface area contributed by atoms with Crippen molar-refractivity contribution in [3.05, 3.63) is 71.8 Å². The summed E-state index contributed by atoms with van der Waals surface area (Å²) in [6.07, 6.45) is 0. The lowest BCUT2D eigenvalue weighted by Crippen LogP contribution is -2.49. The molecule has 0 N–H and O–H groups in total. The molecule has 0 saturated carbocycles. The van der Waals surface area contributed by atoms with Crippen molar-refractivity contribution in [1.82, 2.24) is 4.90 Å². The van der Waals surface area contributed by atoms with Gasteiger partial charge in [-0.2, -0.15) is 0 Å². The molecule has 3 aromatic rings. The van der Waals surface area contributed by atoms with Gasteiger partial charge < -0.3 is 9.80 Å². The molecular weight excluding hydrogens is 364 g/mol. The number of fused-ring (bicyclic) bond motifs is 1. The van der Waals surface area contributed by atoms with Gasteiger partial charge in [-0.05, 0) is 53.9 Å². The summed E-state index contributed by atoms with van der Waals surface area (Å²) in [6, 6.07) is 21.2. The van der Waals surface area contributed by atoms with Crippen LogP contribution in [-0.4, -0.2) is 42.7 Å².